The van der Waals surface area contributed by atoms with Gasteiger partial charge in [-0.2, -0.15) is 0 Å². The highest BCUT2D eigenvalue weighted by Crippen LogP contribution is 2.42. The molecule has 1 aliphatic heterocycles. The monoisotopic (exact) mass is 540 g/mol. The van der Waals surface area contributed by atoms with E-state index in [2.05, 4.69) is 88.9 Å². The zero-order valence-electron chi connectivity index (χ0n) is 25.5. The van der Waals surface area contributed by atoms with Gasteiger partial charge in [-0.3, -0.25) is 0 Å². The number of fused-ring (bicyclic) bond motifs is 1. The molecule has 0 aliphatic carbocycles. The number of benzene rings is 4. The number of aryl methyl sites for hydroxylation is 2. The molecule has 0 aromatic heterocycles. The van der Waals surface area contributed by atoms with E-state index in [4.69, 9.17) is 4.74 Å². The Bertz CT molecular complexity index is 1160. The van der Waals surface area contributed by atoms with Crippen molar-refractivity contribution in [2.75, 3.05) is 0 Å². The third-order valence-corrected chi connectivity index (χ3v) is 7.85. The lowest BCUT2D eigenvalue weighted by Crippen LogP contribution is -2.37. The second kappa shape index (κ2) is 16.3. The fraction of sp³-hybridized carbons (Fsp3) is 0.351. The maximum absolute atomic E-state index is 6.41. The van der Waals surface area contributed by atoms with Crippen molar-refractivity contribution in [3.05, 3.63) is 130 Å². The third-order valence-electron chi connectivity index (χ3n) is 7.47. The molecule has 1 aliphatic rings. The normalized spacial score (nSPS) is 15.1. The highest BCUT2D eigenvalue weighted by Gasteiger charge is 2.33. The van der Waals surface area contributed by atoms with Crippen molar-refractivity contribution in [1.29, 1.82) is 0 Å². The second-order valence-corrected chi connectivity index (χ2v) is 11.5. The van der Waals surface area contributed by atoms with Gasteiger partial charge in [-0.05, 0) is 101 Å². The maximum atomic E-state index is 6.41. The van der Waals surface area contributed by atoms with Gasteiger partial charge in [0.15, 0.2) is 0 Å². The lowest BCUT2D eigenvalue weighted by atomic mass is 9.84. The van der Waals surface area contributed by atoms with Crippen LogP contribution in [0.25, 0.3) is 0 Å². The van der Waals surface area contributed by atoms with Crippen LogP contribution in [0.1, 0.15) is 72.1 Å². The summed E-state index contributed by atoms with van der Waals surface area (Å²) < 4.78 is 6.41. The molecule has 0 bridgehead atoms. The van der Waals surface area contributed by atoms with Gasteiger partial charge < -0.3 is 4.74 Å². The lowest BCUT2D eigenvalue weighted by Gasteiger charge is -2.38. The molecule has 2 unspecified atom stereocenters. The predicted octanol–water partition coefficient (Wildman–Crippen LogP) is 9.98. The molecule has 4 aromatic rings. The second-order valence-electron chi connectivity index (χ2n) is 10.8. The van der Waals surface area contributed by atoms with Gasteiger partial charge in [0, 0.05) is 0 Å². The Labute approximate surface area is 241 Å². The molecule has 2 atom stereocenters. The molecule has 0 radical (unpaired) electrons. The molecule has 2 heteroatoms. The summed E-state index contributed by atoms with van der Waals surface area (Å²) in [5.74, 6) is 1.18. The fourth-order valence-electron chi connectivity index (χ4n) is 4.71. The van der Waals surface area contributed by atoms with E-state index in [0.29, 0.717) is 0 Å². The van der Waals surface area contributed by atoms with Gasteiger partial charge in [0.2, 0.25) is 0 Å². The number of hydrogen-bond acceptors (Lipinski definition) is 1. The molecule has 0 spiro atoms. The Morgan fingerprint density at radius 2 is 1.08 bits per heavy atom. The molecule has 0 saturated carbocycles. The summed E-state index contributed by atoms with van der Waals surface area (Å²) in [5.41, 5.74) is 9.75. The van der Waals surface area contributed by atoms with Crippen LogP contribution in [0.5, 0.6) is 5.75 Å². The first-order chi connectivity index (χ1) is 18.6. The number of rotatable bonds is 2. The summed E-state index contributed by atoms with van der Waals surface area (Å²) in [4.78, 5) is 0. The largest absolute Gasteiger partial charge is 0.487 e. The van der Waals surface area contributed by atoms with E-state index in [1.807, 2.05) is 66.7 Å². The first kappa shape index (κ1) is 32.3. The number of hydrogen-bond donors (Lipinski definition) is 0. The molecule has 5 rings (SSSR count). The van der Waals surface area contributed by atoms with Crippen LogP contribution >= 0.6 is 9.24 Å². The summed E-state index contributed by atoms with van der Waals surface area (Å²) in [6.45, 7) is 17.6. The molecule has 0 fully saturated rings. The van der Waals surface area contributed by atoms with Gasteiger partial charge in [0.25, 0.3) is 0 Å². The van der Waals surface area contributed by atoms with Crippen LogP contribution in [-0.2, 0) is 6.42 Å². The van der Waals surface area contributed by atoms with Gasteiger partial charge in [-0.15, -0.1) is 9.24 Å². The molecule has 0 amide bonds. The van der Waals surface area contributed by atoms with Crippen LogP contribution in [0.3, 0.4) is 0 Å². The van der Waals surface area contributed by atoms with E-state index in [0.717, 1.165) is 12.8 Å². The highest BCUT2D eigenvalue weighted by molar-refractivity contribution is 7.27. The minimum Gasteiger partial charge on any atom is -0.487 e. The number of ether oxygens (including phenoxy) is 1. The average molecular weight is 541 g/mol. The smallest absolute Gasteiger partial charge is 0.126 e. The van der Waals surface area contributed by atoms with Crippen molar-refractivity contribution < 1.29 is 4.74 Å². The molecular weight excluding hydrogens is 491 g/mol. The molecule has 208 valence electrons. The summed E-state index contributed by atoms with van der Waals surface area (Å²) in [6.07, 6.45) is 4.66. The minimum absolute atomic E-state index is 0.0423. The highest BCUT2D eigenvalue weighted by atomic mass is 31.0. The summed E-state index contributed by atoms with van der Waals surface area (Å²) in [6, 6.07) is 30.7. The van der Waals surface area contributed by atoms with E-state index in [-0.39, 0.29) is 5.60 Å². The predicted molar refractivity (Wildman–Crippen MR) is 176 cm³/mol. The average Bonchev–Trinajstić information content (AvgIpc) is 2.93. The standard InChI is InChI=1S/C17H26O.2C7H8.C6H7P/c1-7-9-17(6)10-8-15-13(4)11(2)12(3)14(5)16(15)18-17;2*1-7-5-3-2-4-6-7;7-6-4-2-1-3-5-6/h7-10H2,1-6H3;2*2-6H,1H3;1-5H,7H2. The zero-order valence-corrected chi connectivity index (χ0v) is 26.6. The van der Waals surface area contributed by atoms with Crippen molar-refractivity contribution in [1.82, 2.24) is 0 Å². The van der Waals surface area contributed by atoms with E-state index in [1.54, 1.807) is 0 Å². The Kier molecular flexibility index (Phi) is 13.5. The lowest BCUT2D eigenvalue weighted by molar-refractivity contribution is 0.0543. The topological polar surface area (TPSA) is 9.23 Å². The van der Waals surface area contributed by atoms with Crippen LogP contribution in [0.4, 0.5) is 0 Å². The minimum atomic E-state index is 0.0423. The molecule has 0 saturated heterocycles. The van der Waals surface area contributed by atoms with Crippen molar-refractivity contribution in [2.45, 2.75) is 86.7 Å². The summed E-state index contributed by atoms with van der Waals surface area (Å²) in [7, 11) is 2.63. The Morgan fingerprint density at radius 3 is 1.44 bits per heavy atom. The Balaban J connectivity index is 0.000000208. The van der Waals surface area contributed by atoms with Gasteiger partial charge in [-0.1, -0.05) is 115 Å². The molecule has 1 nitrogen and oxygen atoms in total. The van der Waals surface area contributed by atoms with Crippen LogP contribution in [0.15, 0.2) is 91.0 Å². The fourth-order valence-corrected chi connectivity index (χ4v) is 4.93. The van der Waals surface area contributed by atoms with Crippen molar-refractivity contribution in [2.24, 2.45) is 0 Å². The van der Waals surface area contributed by atoms with Gasteiger partial charge in [0.1, 0.15) is 11.4 Å². The van der Waals surface area contributed by atoms with E-state index >= 15 is 0 Å². The first-order valence-corrected chi connectivity index (χ1v) is 14.8. The van der Waals surface area contributed by atoms with Crippen LogP contribution in [0, 0.1) is 41.5 Å². The van der Waals surface area contributed by atoms with Gasteiger partial charge in [0.05, 0.1) is 0 Å². The van der Waals surface area contributed by atoms with Crippen LogP contribution < -0.4 is 10.0 Å². The van der Waals surface area contributed by atoms with Gasteiger partial charge in [-0.25, -0.2) is 0 Å². The van der Waals surface area contributed by atoms with E-state index in [9.17, 15) is 0 Å². The Morgan fingerprint density at radius 1 is 0.641 bits per heavy atom. The molecule has 0 N–H and O–H groups in total. The van der Waals surface area contributed by atoms with Gasteiger partial charge >= 0.3 is 0 Å². The molecular formula is C37H49OP. The third kappa shape index (κ3) is 10.7. The summed E-state index contributed by atoms with van der Waals surface area (Å²) >= 11 is 0. The molecule has 4 aromatic carbocycles. The first-order valence-electron chi connectivity index (χ1n) is 14.2. The summed E-state index contributed by atoms with van der Waals surface area (Å²) in [5, 5.41) is 1.24. The quantitative estimate of drug-likeness (QED) is 0.230. The SMILES string of the molecule is CCCC1(C)CCc2c(C)c(C)c(C)c(C)c2O1.Cc1ccccc1.Cc1ccccc1.Pc1ccccc1. The van der Waals surface area contributed by atoms with Crippen molar-refractivity contribution in [3.63, 3.8) is 0 Å². The molecule has 39 heavy (non-hydrogen) atoms. The van der Waals surface area contributed by atoms with Crippen molar-refractivity contribution in [3.8, 4) is 5.75 Å². The van der Waals surface area contributed by atoms with E-state index in [1.165, 1.54) is 62.8 Å². The maximum Gasteiger partial charge on any atom is 0.126 e. The van der Waals surface area contributed by atoms with E-state index < -0.39 is 0 Å². The van der Waals surface area contributed by atoms with Crippen LogP contribution in [0.2, 0.25) is 0 Å². The Hall–Kier alpha value is -2.89. The van der Waals surface area contributed by atoms with Crippen molar-refractivity contribution >= 4 is 14.5 Å². The van der Waals surface area contributed by atoms with Crippen LogP contribution in [-0.4, -0.2) is 5.60 Å². The zero-order chi connectivity index (χ0) is 28.8. The molecule has 1 heterocycles.